The number of nitriles is 1. The summed E-state index contributed by atoms with van der Waals surface area (Å²) in [5.74, 6) is 0.615. The average Bonchev–Trinajstić information content (AvgIpc) is 2.31. The topological polar surface area (TPSA) is 52.9 Å². The van der Waals surface area contributed by atoms with Crippen molar-refractivity contribution in [2.75, 3.05) is 0 Å². The van der Waals surface area contributed by atoms with Crippen LogP contribution >= 0.6 is 0 Å². The minimum atomic E-state index is -0.482. The van der Waals surface area contributed by atoms with Crippen molar-refractivity contribution in [1.29, 1.82) is 5.26 Å². The quantitative estimate of drug-likeness (QED) is 0.816. The highest BCUT2D eigenvalue weighted by atomic mass is 16.1. The lowest BCUT2D eigenvalue weighted by molar-refractivity contribution is -0.124. The maximum Gasteiger partial charge on any atom is 0.237 e. The number of nitrogens with zero attached hydrogens (tertiary/aromatic N) is 1. The van der Waals surface area contributed by atoms with E-state index >= 15 is 0 Å². The van der Waals surface area contributed by atoms with Crippen LogP contribution in [0.25, 0.3) is 0 Å². The van der Waals surface area contributed by atoms with Crippen molar-refractivity contribution in [2.45, 2.75) is 58.9 Å². The Morgan fingerprint density at radius 3 is 2.59 bits per heavy atom. The maximum atomic E-state index is 11.9. The SMILES string of the molecule is CCC(C#N)C(=O)NC1CCCCC1C(C)C. The van der Waals surface area contributed by atoms with Crippen molar-refractivity contribution in [3.8, 4) is 6.07 Å². The van der Waals surface area contributed by atoms with Gasteiger partial charge in [-0.2, -0.15) is 5.26 Å². The fourth-order valence-electron chi connectivity index (χ4n) is 2.76. The summed E-state index contributed by atoms with van der Waals surface area (Å²) in [5.41, 5.74) is 0. The summed E-state index contributed by atoms with van der Waals surface area (Å²) in [4.78, 5) is 11.9. The first-order valence-electron chi connectivity index (χ1n) is 6.80. The van der Waals surface area contributed by atoms with Gasteiger partial charge in [-0.3, -0.25) is 4.79 Å². The monoisotopic (exact) mass is 236 g/mol. The molecule has 0 aromatic rings. The van der Waals surface area contributed by atoms with E-state index < -0.39 is 5.92 Å². The van der Waals surface area contributed by atoms with Gasteiger partial charge in [0.05, 0.1) is 6.07 Å². The molecule has 1 aliphatic carbocycles. The van der Waals surface area contributed by atoms with Crippen molar-refractivity contribution in [1.82, 2.24) is 5.32 Å². The van der Waals surface area contributed by atoms with Gasteiger partial charge in [0.25, 0.3) is 0 Å². The lowest BCUT2D eigenvalue weighted by Gasteiger charge is -2.35. The van der Waals surface area contributed by atoms with Crippen LogP contribution in [0.3, 0.4) is 0 Å². The Kier molecular flexibility index (Phi) is 5.47. The summed E-state index contributed by atoms with van der Waals surface area (Å²) in [5, 5.41) is 12.0. The molecule has 1 amide bonds. The third kappa shape index (κ3) is 3.73. The van der Waals surface area contributed by atoms with Crippen LogP contribution in [0.15, 0.2) is 0 Å². The smallest absolute Gasteiger partial charge is 0.237 e. The zero-order valence-corrected chi connectivity index (χ0v) is 11.2. The number of nitrogens with one attached hydrogen (secondary N) is 1. The highest BCUT2D eigenvalue weighted by Gasteiger charge is 2.30. The molecule has 3 atom stereocenters. The fourth-order valence-corrected chi connectivity index (χ4v) is 2.76. The highest BCUT2D eigenvalue weighted by molar-refractivity contribution is 5.81. The Morgan fingerprint density at radius 1 is 1.41 bits per heavy atom. The molecule has 3 unspecified atom stereocenters. The summed E-state index contributed by atoms with van der Waals surface area (Å²) >= 11 is 0. The maximum absolute atomic E-state index is 11.9. The second-order valence-corrected chi connectivity index (χ2v) is 5.40. The number of hydrogen-bond donors (Lipinski definition) is 1. The normalized spacial score (nSPS) is 26.3. The molecule has 3 nitrogen and oxygen atoms in total. The third-order valence-corrected chi connectivity index (χ3v) is 3.88. The van der Waals surface area contributed by atoms with E-state index in [-0.39, 0.29) is 11.9 Å². The number of carbonyl (C=O) groups excluding carboxylic acids is 1. The van der Waals surface area contributed by atoms with Crippen molar-refractivity contribution in [3.63, 3.8) is 0 Å². The molecule has 96 valence electrons. The van der Waals surface area contributed by atoms with Gasteiger partial charge in [-0.05, 0) is 31.1 Å². The molecule has 0 spiro atoms. The van der Waals surface area contributed by atoms with E-state index in [2.05, 4.69) is 25.2 Å². The van der Waals surface area contributed by atoms with E-state index in [4.69, 9.17) is 5.26 Å². The van der Waals surface area contributed by atoms with Gasteiger partial charge < -0.3 is 5.32 Å². The molecule has 3 heteroatoms. The Labute approximate surface area is 105 Å². The Morgan fingerprint density at radius 2 is 2.06 bits per heavy atom. The average molecular weight is 236 g/mol. The van der Waals surface area contributed by atoms with Gasteiger partial charge in [0.15, 0.2) is 0 Å². The molecule has 0 aromatic heterocycles. The summed E-state index contributed by atoms with van der Waals surface area (Å²) in [6, 6.07) is 2.35. The molecular weight excluding hydrogens is 212 g/mol. The first-order valence-corrected chi connectivity index (χ1v) is 6.80. The van der Waals surface area contributed by atoms with Crippen LogP contribution in [-0.4, -0.2) is 11.9 Å². The fraction of sp³-hybridized carbons (Fsp3) is 0.857. The minimum absolute atomic E-state index is 0.0763. The molecule has 17 heavy (non-hydrogen) atoms. The van der Waals surface area contributed by atoms with Gasteiger partial charge in [-0.15, -0.1) is 0 Å². The highest BCUT2D eigenvalue weighted by Crippen LogP contribution is 2.30. The van der Waals surface area contributed by atoms with Crippen molar-refractivity contribution in [2.24, 2.45) is 17.8 Å². The largest absolute Gasteiger partial charge is 0.352 e. The predicted octanol–water partition coefficient (Wildman–Crippen LogP) is 2.87. The van der Waals surface area contributed by atoms with E-state index in [1.54, 1.807) is 0 Å². The van der Waals surface area contributed by atoms with Crippen LogP contribution in [-0.2, 0) is 4.79 Å². The van der Waals surface area contributed by atoms with Crippen molar-refractivity contribution < 1.29 is 4.79 Å². The van der Waals surface area contributed by atoms with Crippen LogP contribution in [0.5, 0.6) is 0 Å². The van der Waals surface area contributed by atoms with E-state index in [1.165, 1.54) is 19.3 Å². The van der Waals surface area contributed by atoms with Crippen LogP contribution in [0, 0.1) is 29.1 Å². The molecular formula is C14H24N2O. The van der Waals surface area contributed by atoms with E-state index in [0.717, 1.165) is 6.42 Å². The number of hydrogen-bond acceptors (Lipinski definition) is 2. The molecule has 0 bridgehead atoms. The molecule has 0 aliphatic heterocycles. The molecule has 1 saturated carbocycles. The van der Waals surface area contributed by atoms with Gasteiger partial charge >= 0.3 is 0 Å². The summed E-state index contributed by atoms with van der Waals surface area (Å²) < 4.78 is 0. The summed E-state index contributed by atoms with van der Waals surface area (Å²) in [6.07, 6.45) is 5.33. The zero-order chi connectivity index (χ0) is 12.8. The summed E-state index contributed by atoms with van der Waals surface area (Å²) in [6.45, 7) is 6.32. The second kappa shape index (κ2) is 6.64. The summed E-state index contributed by atoms with van der Waals surface area (Å²) in [7, 11) is 0. The molecule has 1 N–H and O–H groups in total. The Balaban J connectivity index is 2.59. The van der Waals surface area contributed by atoms with E-state index in [9.17, 15) is 4.79 Å². The van der Waals surface area contributed by atoms with Crippen LogP contribution < -0.4 is 5.32 Å². The molecule has 0 aromatic carbocycles. The van der Waals surface area contributed by atoms with Crippen LogP contribution in [0.2, 0.25) is 0 Å². The van der Waals surface area contributed by atoms with Crippen LogP contribution in [0.4, 0.5) is 0 Å². The van der Waals surface area contributed by atoms with Gasteiger partial charge in [0.2, 0.25) is 5.91 Å². The van der Waals surface area contributed by atoms with E-state index in [0.29, 0.717) is 18.3 Å². The van der Waals surface area contributed by atoms with Gasteiger partial charge in [0, 0.05) is 6.04 Å². The molecule has 0 radical (unpaired) electrons. The molecule has 1 fully saturated rings. The van der Waals surface area contributed by atoms with Gasteiger partial charge in [-0.25, -0.2) is 0 Å². The Hall–Kier alpha value is -1.04. The molecule has 1 rings (SSSR count). The Bertz CT molecular complexity index is 293. The van der Waals surface area contributed by atoms with Crippen molar-refractivity contribution in [3.05, 3.63) is 0 Å². The van der Waals surface area contributed by atoms with Crippen LogP contribution in [0.1, 0.15) is 52.9 Å². The van der Waals surface area contributed by atoms with E-state index in [1.807, 2.05) is 6.92 Å². The number of amides is 1. The van der Waals surface area contributed by atoms with Gasteiger partial charge in [0.1, 0.15) is 5.92 Å². The lowest BCUT2D eigenvalue weighted by Crippen LogP contribution is -2.45. The molecule has 0 heterocycles. The lowest BCUT2D eigenvalue weighted by atomic mass is 9.77. The molecule has 0 saturated heterocycles. The third-order valence-electron chi connectivity index (χ3n) is 3.88. The van der Waals surface area contributed by atoms with Gasteiger partial charge in [-0.1, -0.05) is 33.6 Å². The first kappa shape index (κ1) is 14.0. The standard InChI is InChI=1S/C14H24N2O/c1-4-11(9-15)14(17)16-13-8-6-5-7-12(13)10(2)3/h10-13H,4-8H2,1-3H3,(H,16,17). The number of carbonyl (C=O) groups is 1. The minimum Gasteiger partial charge on any atom is -0.352 e. The first-order chi connectivity index (χ1) is 8.10. The molecule has 1 aliphatic rings. The zero-order valence-electron chi connectivity index (χ0n) is 11.2. The van der Waals surface area contributed by atoms with Crippen molar-refractivity contribution >= 4 is 5.91 Å². The number of rotatable bonds is 4. The predicted molar refractivity (Wildman–Crippen MR) is 68.1 cm³/mol. The second-order valence-electron chi connectivity index (χ2n) is 5.40.